The molecule has 0 aliphatic heterocycles. The Kier molecular flexibility index (Phi) is 5.04. The Morgan fingerprint density at radius 1 is 1.11 bits per heavy atom. The molecule has 0 unspecified atom stereocenters. The second-order valence-electron chi connectivity index (χ2n) is 5.55. The van der Waals surface area contributed by atoms with Crippen LogP contribution in [0, 0.1) is 17.1 Å². The minimum atomic E-state index is -0.365. The van der Waals surface area contributed by atoms with E-state index in [1.807, 2.05) is 6.07 Å². The van der Waals surface area contributed by atoms with Crippen LogP contribution >= 0.6 is 0 Å². The van der Waals surface area contributed by atoms with E-state index in [0.717, 1.165) is 0 Å². The Balaban J connectivity index is 2.00. The summed E-state index contributed by atoms with van der Waals surface area (Å²) < 4.78 is 24.8. The molecule has 0 radical (unpaired) electrons. The number of benzene rings is 2. The lowest BCUT2D eigenvalue weighted by Gasteiger charge is -2.13. The van der Waals surface area contributed by atoms with Gasteiger partial charge in [0.2, 0.25) is 5.95 Å². The van der Waals surface area contributed by atoms with Crippen molar-refractivity contribution in [1.82, 2.24) is 9.97 Å². The van der Waals surface area contributed by atoms with Crippen LogP contribution in [0.5, 0.6) is 11.5 Å². The van der Waals surface area contributed by atoms with Crippen molar-refractivity contribution in [3.63, 3.8) is 0 Å². The Bertz CT molecular complexity index is 1030. The van der Waals surface area contributed by atoms with Gasteiger partial charge >= 0.3 is 0 Å². The maximum atomic E-state index is 13.8. The molecule has 0 saturated heterocycles. The molecule has 0 bridgehead atoms. The highest BCUT2D eigenvalue weighted by molar-refractivity contribution is 5.74. The van der Waals surface area contributed by atoms with Crippen LogP contribution in [0.2, 0.25) is 0 Å². The van der Waals surface area contributed by atoms with E-state index in [1.165, 1.54) is 13.2 Å². The molecule has 4 N–H and O–H groups in total. The number of nitriles is 1. The molecule has 2 aromatic carbocycles. The molecule has 8 heteroatoms. The molecule has 1 heterocycles. The van der Waals surface area contributed by atoms with Crippen LogP contribution in [0.1, 0.15) is 11.1 Å². The van der Waals surface area contributed by atoms with E-state index in [4.69, 9.17) is 20.9 Å². The van der Waals surface area contributed by atoms with Crippen molar-refractivity contribution in [2.75, 3.05) is 18.6 Å². The van der Waals surface area contributed by atoms with Crippen molar-refractivity contribution in [3.8, 4) is 28.8 Å². The van der Waals surface area contributed by atoms with Crippen LogP contribution in [-0.2, 0) is 6.61 Å². The van der Waals surface area contributed by atoms with Gasteiger partial charge in [-0.05, 0) is 24.3 Å². The van der Waals surface area contributed by atoms with Crippen LogP contribution in [0.4, 0.5) is 16.2 Å². The van der Waals surface area contributed by atoms with Gasteiger partial charge in [-0.3, -0.25) is 0 Å². The zero-order chi connectivity index (χ0) is 19.4. The molecule has 0 amide bonds. The normalized spacial score (nSPS) is 10.3. The third-order valence-electron chi connectivity index (χ3n) is 3.84. The van der Waals surface area contributed by atoms with E-state index in [0.29, 0.717) is 22.6 Å². The van der Waals surface area contributed by atoms with Gasteiger partial charge < -0.3 is 20.9 Å². The van der Waals surface area contributed by atoms with Gasteiger partial charge in [0.25, 0.3) is 0 Å². The quantitative estimate of drug-likeness (QED) is 0.713. The lowest BCUT2D eigenvalue weighted by atomic mass is 10.1. The monoisotopic (exact) mass is 365 g/mol. The number of nitrogens with zero attached hydrogens (tertiary/aromatic N) is 3. The largest absolute Gasteiger partial charge is 0.493 e. The van der Waals surface area contributed by atoms with Gasteiger partial charge in [0.15, 0.2) is 11.5 Å². The van der Waals surface area contributed by atoms with Crippen molar-refractivity contribution in [2.24, 2.45) is 0 Å². The Labute approximate surface area is 155 Å². The first-order chi connectivity index (χ1) is 13.0. The molecule has 136 valence electrons. The van der Waals surface area contributed by atoms with Gasteiger partial charge in [-0.15, -0.1) is 0 Å². The number of halogens is 1. The fraction of sp³-hybridized carbons (Fsp3) is 0.105. The average Bonchev–Trinajstić information content (AvgIpc) is 2.66. The molecule has 7 nitrogen and oxygen atoms in total. The number of hydrogen-bond acceptors (Lipinski definition) is 7. The number of nitrogens with two attached hydrogens (primary N) is 2. The van der Waals surface area contributed by atoms with Crippen molar-refractivity contribution in [1.29, 1.82) is 5.26 Å². The van der Waals surface area contributed by atoms with Crippen molar-refractivity contribution in [3.05, 3.63) is 59.4 Å². The number of aromatic nitrogens is 2. The predicted octanol–water partition coefficient (Wildman–Crippen LogP) is 2.91. The minimum Gasteiger partial charge on any atom is -0.493 e. The molecule has 3 aromatic rings. The molecule has 3 rings (SSSR count). The summed E-state index contributed by atoms with van der Waals surface area (Å²) in [6, 6.07) is 13.3. The molecule has 0 saturated carbocycles. The molecular weight excluding hydrogens is 349 g/mol. The summed E-state index contributed by atoms with van der Waals surface area (Å²) in [6.45, 7) is 0.00560. The smallest absolute Gasteiger partial charge is 0.222 e. The van der Waals surface area contributed by atoms with Gasteiger partial charge in [0.1, 0.15) is 29.9 Å². The number of ether oxygens (including phenoxy) is 2. The highest BCUT2D eigenvalue weighted by atomic mass is 19.1. The number of rotatable bonds is 5. The van der Waals surface area contributed by atoms with Crippen molar-refractivity contribution >= 4 is 11.8 Å². The summed E-state index contributed by atoms with van der Waals surface area (Å²) in [5.74, 6) is 0.382. The molecule has 0 aliphatic carbocycles. The van der Waals surface area contributed by atoms with Crippen LogP contribution in [0.25, 0.3) is 11.3 Å². The highest BCUT2D eigenvalue weighted by Gasteiger charge is 2.16. The average molecular weight is 365 g/mol. The van der Waals surface area contributed by atoms with Crippen LogP contribution in [-0.4, -0.2) is 17.1 Å². The number of methoxy groups -OCH3 is 1. The lowest BCUT2D eigenvalue weighted by molar-refractivity contribution is 0.280. The fourth-order valence-corrected chi connectivity index (χ4v) is 2.52. The van der Waals surface area contributed by atoms with E-state index in [-0.39, 0.29) is 35.4 Å². The highest BCUT2D eigenvalue weighted by Crippen LogP contribution is 2.34. The summed E-state index contributed by atoms with van der Waals surface area (Å²) in [5.41, 5.74) is 12.7. The maximum Gasteiger partial charge on any atom is 0.222 e. The van der Waals surface area contributed by atoms with E-state index >= 15 is 0 Å². The van der Waals surface area contributed by atoms with E-state index in [1.54, 1.807) is 36.4 Å². The SMILES string of the molecule is COc1ccc(-c2nc(N)nc(N)c2C#N)cc1OCc1ccccc1F. The first kappa shape index (κ1) is 17.9. The number of hydrogen-bond donors (Lipinski definition) is 2. The molecule has 0 atom stereocenters. The standard InChI is InChI=1S/C19H16FN5O2/c1-26-15-7-6-11(17-13(9-21)18(22)25-19(23)24-17)8-16(15)27-10-12-4-2-3-5-14(12)20/h2-8H,10H2,1H3,(H4,22,23,24,25). The number of nitrogen functional groups attached to an aromatic ring is 2. The summed E-state index contributed by atoms with van der Waals surface area (Å²) >= 11 is 0. The van der Waals surface area contributed by atoms with E-state index in [2.05, 4.69) is 9.97 Å². The second-order valence-corrected chi connectivity index (χ2v) is 5.55. The molecule has 0 spiro atoms. The number of anilines is 2. The van der Waals surface area contributed by atoms with Gasteiger partial charge in [0, 0.05) is 11.1 Å². The summed E-state index contributed by atoms with van der Waals surface area (Å²) in [7, 11) is 1.49. The third-order valence-corrected chi connectivity index (χ3v) is 3.84. The zero-order valence-electron chi connectivity index (χ0n) is 14.4. The van der Waals surface area contributed by atoms with Gasteiger partial charge in [-0.1, -0.05) is 18.2 Å². The maximum absolute atomic E-state index is 13.8. The first-order valence-corrected chi connectivity index (χ1v) is 7.91. The van der Waals surface area contributed by atoms with Gasteiger partial charge in [-0.2, -0.15) is 10.2 Å². The van der Waals surface area contributed by atoms with Crippen molar-refractivity contribution in [2.45, 2.75) is 6.61 Å². The van der Waals surface area contributed by atoms with Crippen LogP contribution in [0.15, 0.2) is 42.5 Å². The zero-order valence-corrected chi connectivity index (χ0v) is 14.4. The van der Waals surface area contributed by atoms with E-state index < -0.39 is 0 Å². The molecule has 1 aromatic heterocycles. The summed E-state index contributed by atoms with van der Waals surface area (Å²) in [5, 5.41) is 9.36. The predicted molar refractivity (Wildman–Crippen MR) is 98.3 cm³/mol. The molecule has 0 fully saturated rings. The van der Waals surface area contributed by atoms with Crippen LogP contribution in [0.3, 0.4) is 0 Å². The molecule has 27 heavy (non-hydrogen) atoms. The summed E-state index contributed by atoms with van der Waals surface area (Å²) in [4.78, 5) is 7.91. The minimum absolute atomic E-state index is 0.00560. The lowest BCUT2D eigenvalue weighted by Crippen LogP contribution is -2.05. The summed E-state index contributed by atoms with van der Waals surface area (Å²) in [6.07, 6.45) is 0. The Morgan fingerprint density at radius 3 is 2.59 bits per heavy atom. The topological polar surface area (TPSA) is 120 Å². The Morgan fingerprint density at radius 2 is 1.89 bits per heavy atom. The van der Waals surface area contributed by atoms with Crippen molar-refractivity contribution < 1.29 is 13.9 Å². The van der Waals surface area contributed by atoms with Crippen LogP contribution < -0.4 is 20.9 Å². The van der Waals surface area contributed by atoms with Gasteiger partial charge in [0.05, 0.1) is 12.8 Å². The van der Waals surface area contributed by atoms with Gasteiger partial charge in [-0.25, -0.2) is 9.37 Å². The third kappa shape index (κ3) is 3.72. The molecular formula is C19H16FN5O2. The first-order valence-electron chi connectivity index (χ1n) is 7.91. The molecule has 0 aliphatic rings. The fourth-order valence-electron chi connectivity index (χ4n) is 2.52. The Hall–Kier alpha value is -3.86. The van der Waals surface area contributed by atoms with E-state index in [9.17, 15) is 9.65 Å². The second kappa shape index (κ2) is 7.58.